The van der Waals surface area contributed by atoms with Crippen molar-refractivity contribution in [3.05, 3.63) is 41.0 Å². The molecule has 1 aliphatic heterocycles. The van der Waals surface area contributed by atoms with E-state index >= 15 is 0 Å². The minimum absolute atomic E-state index is 0.904. The second-order valence-electron chi connectivity index (χ2n) is 3.45. The largest absolute Gasteiger partial charge is 0.284 e. The summed E-state index contributed by atoms with van der Waals surface area (Å²) in [6.07, 6.45) is 5.12. The predicted octanol–water partition coefficient (Wildman–Crippen LogP) is 1.04. The number of hydrogen-bond acceptors (Lipinski definition) is 2. The predicted molar refractivity (Wildman–Crippen MR) is 56.5 cm³/mol. The molecule has 68 valence electrons. The van der Waals surface area contributed by atoms with Crippen molar-refractivity contribution in [2.75, 3.05) is 6.54 Å². The lowest BCUT2D eigenvalue weighted by Gasteiger charge is -2.02. The van der Waals surface area contributed by atoms with Crippen LogP contribution in [0.15, 0.2) is 35.5 Å². The molecule has 2 heteroatoms. The van der Waals surface area contributed by atoms with Gasteiger partial charge in [0.1, 0.15) is 0 Å². The Hall–Kier alpha value is -1.70. The van der Waals surface area contributed by atoms with Crippen LogP contribution >= 0.6 is 0 Å². The third-order valence-corrected chi connectivity index (χ3v) is 2.55. The van der Waals surface area contributed by atoms with Gasteiger partial charge in [0.25, 0.3) is 0 Å². The van der Waals surface area contributed by atoms with Crippen LogP contribution in [0.2, 0.25) is 0 Å². The van der Waals surface area contributed by atoms with Crippen molar-refractivity contribution in [2.45, 2.75) is 6.42 Å². The van der Waals surface area contributed by atoms with Gasteiger partial charge in [0, 0.05) is 18.1 Å². The fourth-order valence-electron chi connectivity index (χ4n) is 1.89. The van der Waals surface area contributed by atoms with Gasteiger partial charge in [-0.1, -0.05) is 12.1 Å². The lowest BCUT2D eigenvalue weighted by molar-refractivity contribution is 0.967. The molecule has 0 saturated heterocycles. The van der Waals surface area contributed by atoms with Crippen LogP contribution in [0.3, 0.4) is 0 Å². The Balaban J connectivity index is 2.60. The molecule has 2 aromatic rings. The summed E-state index contributed by atoms with van der Waals surface area (Å²) in [5.74, 6) is 0. The zero-order valence-corrected chi connectivity index (χ0v) is 7.77. The Morgan fingerprint density at radius 1 is 1.14 bits per heavy atom. The molecule has 2 nitrogen and oxygen atoms in total. The van der Waals surface area contributed by atoms with Crippen LogP contribution in [0, 0.1) is 0 Å². The van der Waals surface area contributed by atoms with Gasteiger partial charge < -0.3 is 0 Å². The second-order valence-corrected chi connectivity index (χ2v) is 3.45. The number of pyridine rings is 1. The highest BCUT2D eigenvalue weighted by Crippen LogP contribution is 2.03. The third-order valence-electron chi connectivity index (χ3n) is 2.55. The molecule has 3 rings (SSSR count). The Morgan fingerprint density at radius 2 is 2.14 bits per heavy atom. The van der Waals surface area contributed by atoms with Crippen molar-refractivity contribution in [3.63, 3.8) is 0 Å². The van der Waals surface area contributed by atoms with Crippen molar-refractivity contribution >= 4 is 17.0 Å². The van der Waals surface area contributed by atoms with Gasteiger partial charge in [0.15, 0.2) is 0 Å². The summed E-state index contributed by atoms with van der Waals surface area (Å²) in [7, 11) is 0. The minimum atomic E-state index is 0.904. The maximum Gasteiger partial charge on any atom is 0.0737 e. The van der Waals surface area contributed by atoms with E-state index in [2.05, 4.69) is 34.3 Å². The van der Waals surface area contributed by atoms with Gasteiger partial charge in [0.2, 0.25) is 0 Å². The molecule has 1 aromatic carbocycles. The minimum Gasteiger partial charge on any atom is -0.284 e. The zero-order valence-electron chi connectivity index (χ0n) is 7.77. The summed E-state index contributed by atoms with van der Waals surface area (Å²) < 4.78 is 0. The summed E-state index contributed by atoms with van der Waals surface area (Å²) >= 11 is 0. The molecule has 0 saturated carbocycles. The SMILES string of the molecule is C1=c2ccc3ncccc3c2=NCC1. The fourth-order valence-corrected chi connectivity index (χ4v) is 1.89. The molecule has 1 aromatic heterocycles. The standard InChI is InChI=1S/C12H10N2/c1-3-9-5-6-11-10(4-2-7-13-11)12(9)14-8-1/h2-7H,1,8H2. The van der Waals surface area contributed by atoms with E-state index in [-0.39, 0.29) is 0 Å². The van der Waals surface area contributed by atoms with Gasteiger partial charge in [-0.2, -0.15) is 0 Å². The van der Waals surface area contributed by atoms with Gasteiger partial charge in [-0.25, -0.2) is 0 Å². The smallest absolute Gasteiger partial charge is 0.0737 e. The molecular weight excluding hydrogens is 172 g/mol. The van der Waals surface area contributed by atoms with E-state index in [1.165, 1.54) is 10.6 Å². The van der Waals surface area contributed by atoms with E-state index in [4.69, 9.17) is 0 Å². The molecule has 0 fully saturated rings. The maximum atomic E-state index is 4.55. The molecular formula is C12H10N2. The highest BCUT2D eigenvalue weighted by molar-refractivity contribution is 5.78. The van der Waals surface area contributed by atoms with Crippen molar-refractivity contribution in [3.8, 4) is 0 Å². The van der Waals surface area contributed by atoms with Gasteiger partial charge in [-0.3, -0.25) is 9.98 Å². The van der Waals surface area contributed by atoms with Crippen LogP contribution in [-0.4, -0.2) is 11.5 Å². The van der Waals surface area contributed by atoms with Gasteiger partial charge in [-0.15, -0.1) is 0 Å². The highest BCUT2D eigenvalue weighted by atomic mass is 14.7. The molecule has 0 aliphatic carbocycles. The van der Waals surface area contributed by atoms with E-state index in [1.54, 1.807) is 0 Å². The van der Waals surface area contributed by atoms with E-state index < -0.39 is 0 Å². The average Bonchev–Trinajstić information content (AvgIpc) is 2.29. The first-order valence-corrected chi connectivity index (χ1v) is 4.83. The summed E-state index contributed by atoms with van der Waals surface area (Å²) in [5, 5.41) is 3.53. The lowest BCUT2D eigenvalue weighted by atomic mass is 10.1. The van der Waals surface area contributed by atoms with Gasteiger partial charge in [0.05, 0.1) is 10.9 Å². The lowest BCUT2D eigenvalue weighted by Crippen LogP contribution is -2.28. The van der Waals surface area contributed by atoms with E-state index in [0.29, 0.717) is 0 Å². The Labute approximate surface area is 81.6 Å². The van der Waals surface area contributed by atoms with E-state index in [9.17, 15) is 0 Å². The number of rotatable bonds is 0. The molecule has 14 heavy (non-hydrogen) atoms. The van der Waals surface area contributed by atoms with Crippen molar-refractivity contribution in [1.29, 1.82) is 0 Å². The number of fused-ring (bicyclic) bond motifs is 3. The second kappa shape index (κ2) is 2.91. The molecule has 0 unspecified atom stereocenters. The molecule has 0 bridgehead atoms. The van der Waals surface area contributed by atoms with Crippen LogP contribution in [0.1, 0.15) is 6.42 Å². The van der Waals surface area contributed by atoms with Crippen LogP contribution < -0.4 is 10.6 Å². The monoisotopic (exact) mass is 182 g/mol. The summed E-state index contributed by atoms with van der Waals surface area (Å²) in [6, 6.07) is 8.22. The van der Waals surface area contributed by atoms with Crippen molar-refractivity contribution in [1.82, 2.24) is 4.98 Å². The zero-order chi connectivity index (χ0) is 9.38. The van der Waals surface area contributed by atoms with Crippen molar-refractivity contribution in [2.24, 2.45) is 4.99 Å². The molecule has 0 radical (unpaired) electrons. The molecule has 0 N–H and O–H groups in total. The number of aromatic nitrogens is 1. The van der Waals surface area contributed by atoms with Crippen LogP contribution in [0.25, 0.3) is 17.0 Å². The Kier molecular flexibility index (Phi) is 1.60. The Bertz CT molecular complexity index is 599. The Morgan fingerprint density at radius 3 is 3.14 bits per heavy atom. The summed E-state index contributed by atoms with van der Waals surface area (Å²) in [4.78, 5) is 8.87. The maximum absolute atomic E-state index is 4.55. The van der Waals surface area contributed by atoms with Gasteiger partial charge >= 0.3 is 0 Å². The first-order chi connectivity index (χ1) is 6.95. The molecule has 0 atom stereocenters. The number of nitrogens with zero attached hydrogens (tertiary/aromatic N) is 2. The van der Waals surface area contributed by atoms with Crippen LogP contribution in [0.4, 0.5) is 0 Å². The first-order valence-electron chi connectivity index (χ1n) is 4.83. The van der Waals surface area contributed by atoms with Crippen LogP contribution in [0.5, 0.6) is 0 Å². The van der Waals surface area contributed by atoms with E-state index in [1.807, 2.05) is 12.3 Å². The average molecular weight is 182 g/mol. The topological polar surface area (TPSA) is 25.2 Å². The summed E-state index contributed by atoms with van der Waals surface area (Å²) in [6.45, 7) is 0.904. The fraction of sp³-hybridized carbons (Fsp3) is 0.167. The molecule has 2 heterocycles. The van der Waals surface area contributed by atoms with Crippen molar-refractivity contribution < 1.29 is 0 Å². The van der Waals surface area contributed by atoms with Gasteiger partial charge in [-0.05, 0) is 29.8 Å². The molecule has 1 aliphatic rings. The van der Waals surface area contributed by atoms with E-state index in [0.717, 1.165) is 23.8 Å². The molecule has 0 spiro atoms. The quantitative estimate of drug-likeness (QED) is 0.597. The van der Waals surface area contributed by atoms with Crippen LogP contribution in [-0.2, 0) is 0 Å². The number of benzene rings is 1. The first kappa shape index (κ1) is 7.68. The normalized spacial score (nSPS) is 14.3. The summed E-state index contributed by atoms with van der Waals surface area (Å²) in [5.41, 5.74) is 1.03. The number of hydrogen-bond donors (Lipinski definition) is 0. The highest BCUT2D eigenvalue weighted by Gasteiger charge is 2.00. The third kappa shape index (κ3) is 1.04. The molecule has 0 amide bonds.